The highest BCUT2D eigenvalue weighted by Crippen LogP contribution is 2.38. The summed E-state index contributed by atoms with van der Waals surface area (Å²) in [6.07, 6.45) is -1.55. The number of hydrogen-bond donors (Lipinski definition) is 3. The predicted octanol–water partition coefficient (Wildman–Crippen LogP) is 3.85. The number of halogens is 5. The molecule has 2 aromatic heterocycles. The summed E-state index contributed by atoms with van der Waals surface area (Å²) in [4.78, 5) is 28.4. The Morgan fingerprint density at radius 1 is 1.06 bits per heavy atom. The van der Waals surface area contributed by atoms with Crippen molar-refractivity contribution in [3.8, 4) is 5.75 Å². The fraction of sp³-hybridized carbons (Fsp3) is 0.227. The fourth-order valence-electron chi connectivity index (χ4n) is 3.23. The molecule has 0 bridgehead atoms. The van der Waals surface area contributed by atoms with Crippen LogP contribution in [0.1, 0.15) is 24.1 Å². The van der Waals surface area contributed by atoms with Crippen molar-refractivity contribution in [2.75, 3.05) is 5.32 Å². The SMILES string of the molecule is O=C(NC1(C(=O)NCc2ncc(Nc3c(F)cccc3C(F)(F)F)cc2F)CC1)Oc1ccnnc1. The summed E-state index contributed by atoms with van der Waals surface area (Å²) in [7, 11) is 0. The van der Waals surface area contributed by atoms with Crippen LogP contribution >= 0.6 is 0 Å². The number of pyridine rings is 1. The molecule has 0 atom stereocenters. The minimum absolute atomic E-state index is 0.122. The van der Waals surface area contributed by atoms with Gasteiger partial charge in [0.25, 0.3) is 0 Å². The number of aromatic nitrogens is 3. The van der Waals surface area contributed by atoms with E-state index in [-0.39, 0.29) is 23.7 Å². The highest BCUT2D eigenvalue weighted by Gasteiger charge is 2.51. The quantitative estimate of drug-likeness (QED) is 0.415. The number of para-hydroxylation sites is 1. The van der Waals surface area contributed by atoms with Gasteiger partial charge in [-0.2, -0.15) is 23.4 Å². The van der Waals surface area contributed by atoms with Crippen LogP contribution in [0.25, 0.3) is 0 Å². The monoisotopic (exact) mass is 508 g/mol. The van der Waals surface area contributed by atoms with E-state index in [2.05, 4.69) is 31.1 Å². The first-order chi connectivity index (χ1) is 17.1. The van der Waals surface area contributed by atoms with E-state index in [1.165, 1.54) is 18.5 Å². The van der Waals surface area contributed by atoms with Crippen LogP contribution < -0.4 is 20.7 Å². The second-order valence-corrected chi connectivity index (χ2v) is 7.80. The van der Waals surface area contributed by atoms with E-state index in [0.29, 0.717) is 18.9 Å². The first-order valence-corrected chi connectivity index (χ1v) is 10.4. The van der Waals surface area contributed by atoms with Crippen molar-refractivity contribution >= 4 is 23.4 Å². The lowest BCUT2D eigenvalue weighted by Crippen LogP contribution is -2.49. The number of rotatable bonds is 7. The van der Waals surface area contributed by atoms with E-state index in [0.717, 1.165) is 24.4 Å². The summed E-state index contributed by atoms with van der Waals surface area (Å²) in [5, 5.41) is 14.2. The van der Waals surface area contributed by atoms with Gasteiger partial charge in [-0.05, 0) is 25.0 Å². The molecule has 3 aromatic rings. The molecule has 1 aromatic carbocycles. The number of ether oxygens (including phenoxy) is 1. The van der Waals surface area contributed by atoms with Gasteiger partial charge in [0.1, 0.15) is 17.2 Å². The molecule has 3 N–H and O–H groups in total. The van der Waals surface area contributed by atoms with Crippen LogP contribution in [0.15, 0.2) is 48.9 Å². The van der Waals surface area contributed by atoms with Crippen LogP contribution in [0.5, 0.6) is 5.75 Å². The molecule has 36 heavy (non-hydrogen) atoms. The van der Waals surface area contributed by atoms with Crippen molar-refractivity contribution in [3.63, 3.8) is 0 Å². The highest BCUT2D eigenvalue weighted by molar-refractivity contribution is 5.93. The van der Waals surface area contributed by atoms with E-state index >= 15 is 0 Å². The predicted molar refractivity (Wildman–Crippen MR) is 114 cm³/mol. The summed E-state index contributed by atoms with van der Waals surface area (Å²) in [6.45, 7) is -0.370. The van der Waals surface area contributed by atoms with E-state index in [1.807, 2.05) is 0 Å². The van der Waals surface area contributed by atoms with Crippen LogP contribution in [0.2, 0.25) is 0 Å². The third-order valence-electron chi connectivity index (χ3n) is 5.22. The van der Waals surface area contributed by atoms with Crippen molar-refractivity contribution in [2.24, 2.45) is 0 Å². The molecule has 0 aliphatic heterocycles. The number of carbonyl (C=O) groups is 2. The molecule has 2 heterocycles. The summed E-state index contributed by atoms with van der Waals surface area (Å²) < 4.78 is 73.1. The molecule has 0 unspecified atom stereocenters. The summed E-state index contributed by atoms with van der Waals surface area (Å²) in [5.74, 6) is -2.61. The number of nitrogens with zero attached hydrogens (tertiary/aromatic N) is 3. The molecule has 1 aliphatic rings. The van der Waals surface area contributed by atoms with E-state index in [1.54, 1.807) is 0 Å². The van der Waals surface area contributed by atoms with Crippen molar-refractivity contribution < 1.29 is 36.3 Å². The minimum atomic E-state index is -4.84. The van der Waals surface area contributed by atoms with Gasteiger partial charge < -0.3 is 20.7 Å². The second kappa shape index (κ2) is 9.71. The maximum Gasteiger partial charge on any atom is 0.418 e. The van der Waals surface area contributed by atoms with Gasteiger partial charge >= 0.3 is 12.3 Å². The van der Waals surface area contributed by atoms with Crippen molar-refractivity contribution in [1.82, 2.24) is 25.8 Å². The third-order valence-corrected chi connectivity index (χ3v) is 5.22. The van der Waals surface area contributed by atoms with Gasteiger partial charge in [-0.15, -0.1) is 0 Å². The Labute approximate surface area is 200 Å². The standard InChI is InChI=1S/C22H17F5N6O3/c23-15-3-1-2-14(22(25,26)27)18(15)32-12-8-16(24)17(28-9-12)11-29-19(34)21(5-6-21)33-20(35)36-13-4-7-30-31-10-13/h1-4,7-10,32H,5-6,11H2,(H,29,34)(H,33,35). The molecule has 9 nitrogen and oxygen atoms in total. The Hall–Kier alpha value is -4.36. The molecule has 0 saturated heterocycles. The van der Waals surface area contributed by atoms with Crippen LogP contribution in [-0.4, -0.2) is 32.7 Å². The molecule has 0 radical (unpaired) electrons. The lowest BCUT2D eigenvalue weighted by atomic mass is 10.1. The molecular weight excluding hydrogens is 491 g/mol. The molecule has 1 fully saturated rings. The van der Waals surface area contributed by atoms with Crippen LogP contribution in [0.3, 0.4) is 0 Å². The smallest absolute Gasteiger partial charge is 0.409 e. The van der Waals surface area contributed by atoms with Gasteiger partial charge in [-0.3, -0.25) is 9.78 Å². The molecule has 1 saturated carbocycles. The Balaban J connectivity index is 1.37. The number of amides is 2. The molecule has 4 rings (SSSR count). The third kappa shape index (κ3) is 5.64. The van der Waals surface area contributed by atoms with E-state index in [9.17, 15) is 31.5 Å². The maximum absolute atomic E-state index is 14.5. The highest BCUT2D eigenvalue weighted by atomic mass is 19.4. The zero-order valence-electron chi connectivity index (χ0n) is 18.2. The first kappa shape index (κ1) is 24.8. The average molecular weight is 508 g/mol. The lowest BCUT2D eigenvalue weighted by molar-refractivity contribution is -0.137. The van der Waals surface area contributed by atoms with E-state index in [4.69, 9.17) is 4.74 Å². The summed E-state index contributed by atoms with van der Waals surface area (Å²) in [5.41, 5.74) is -3.82. The molecule has 14 heteroatoms. The number of anilines is 2. The lowest BCUT2D eigenvalue weighted by Gasteiger charge is -2.17. The molecule has 188 valence electrons. The Morgan fingerprint density at radius 3 is 2.47 bits per heavy atom. The van der Waals surface area contributed by atoms with Gasteiger partial charge in [0.2, 0.25) is 5.91 Å². The van der Waals surface area contributed by atoms with Gasteiger partial charge in [0.15, 0.2) is 5.75 Å². The topological polar surface area (TPSA) is 118 Å². The number of benzene rings is 1. The van der Waals surface area contributed by atoms with Gasteiger partial charge in [-0.25, -0.2) is 13.6 Å². The molecule has 1 aliphatic carbocycles. The number of alkyl halides is 3. The Kier molecular flexibility index (Phi) is 6.68. The number of carbonyl (C=O) groups excluding carboxylic acids is 2. The Morgan fingerprint density at radius 2 is 1.83 bits per heavy atom. The maximum atomic E-state index is 14.5. The zero-order valence-corrected chi connectivity index (χ0v) is 18.2. The van der Waals surface area contributed by atoms with Crippen molar-refractivity contribution in [3.05, 3.63) is 71.8 Å². The van der Waals surface area contributed by atoms with Crippen LogP contribution in [0, 0.1) is 11.6 Å². The van der Waals surface area contributed by atoms with Crippen LogP contribution in [0.4, 0.5) is 38.1 Å². The average Bonchev–Trinajstić information content (AvgIpc) is 3.60. The van der Waals surface area contributed by atoms with Gasteiger partial charge in [-0.1, -0.05) is 6.07 Å². The molecule has 0 spiro atoms. The number of hydrogen-bond acceptors (Lipinski definition) is 7. The summed E-state index contributed by atoms with van der Waals surface area (Å²) in [6, 6.07) is 4.65. The second-order valence-electron chi connectivity index (χ2n) is 7.80. The zero-order chi connectivity index (χ0) is 25.9. The largest absolute Gasteiger partial charge is 0.418 e. The summed E-state index contributed by atoms with van der Waals surface area (Å²) >= 11 is 0. The molecule has 2 amide bonds. The first-order valence-electron chi connectivity index (χ1n) is 10.4. The Bertz CT molecular complexity index is 1280. The fourth-order valence-corrected chi connectivity index (χ4v) is 3.23. The van der Waals surface area contributed by atoms with Crippen LogP contribution in [-0.2, 0) is 17.5 Å². The van der Waals surface area contributed by atoms with Crippen molar-refractivity contribution in [2.45, 2.75) is 31.1 Å². The van der Waals surface area contributed by atoms with E-state index < -0.39 is 46.6 Å². The number of nitrogens with one attached hydrogen (secondary N) is 3. The normalized spacial score (nSPS) is 14.0. The van der Waals surface area contributed by atoms with Gasteiger partial charge in [0.05, 0.1) is 47.8 Å². The van der Waals surface area contributed by atoms with Gasteiger partial charge in [0, 0.05) is 12.1 Å². The minimum Gasteiger partial charge on any atom is -0.409 e. The molecular formula is C22H17F5N6O3. The van der Waals surface area contributed by atoms with Crippen molar-refractivity contribution in [1.29, 1.82) is 0 Å².